The maximum absolute atomic E-state index is 11.5. The molecule has 0 fully saturated rings. The Morgan fingerprint density at radius 1 is 0.577 bits per heavy atom. The van der Waals surface area contributed by atoms with Gasteiger partial charge in [-0.15, -0.1) is 12.4 Å². The van der Waals surface area contributed by atoms with Crippen molar-refractivity contribution in [3.8, 4) is 0 Å². The van der Waals surface area contributed by atoms with Crippen LogP contribution in [0.4, 0.5) is 36.2 Å². The standard InChI is InChI=1S/C15H23N3O3.C12H18N2O2.C10H15N3O.ClH/c1-15(2,3)21-14(20)16-10-11-6-8-12(9-7-11)17-13(19)18(4)5;1-12(2,3)16-11(15)14-8-9-4-6-10(13)7-5-9;1-13(2)10(14)12-9-5-3-8(7-11)4-6-9;/h6-9H,10H2,1-5H3,(H,16,20)(H,17,19);4-7H,8,13H2,1-3H3,(H,14,15);3-6H,7,11H2,1-2H3,(H,12,14);1H. The molecule has 0 aliphatic heterocycles. The molecule has 0 saturated carbocycles. The van der Waals surface area contributed by atoms with Gasteiger partial charge in [-0.2, -0.15) is 0 Å². The van der Waals surface area contributed by atoms with Gasteiger partial charge in [-0.1, -0.05) is 36.4 Å². The Bertz CT molecular complexity index is 1520. The Labute approximate surface area is 314 Å². The molecule has 14 nitrogen and oxygen atoms in total. The number of carbonyl (C=O) groups excluding carboxylic acids is 4. The van der Waals surface area contributed by atoms with Gasteiger partial charge in [-0.05, 0) is 94.6 Å². The Morgan fingerprint density at radius 2 is 0.885 bits per heavy atom. The van der Waals surface area contributed by atoms with Crippen molar-refractivity contribution >= 4 is 53.7 Å². The fourth-order valence-electron chi connectivity index (χ4n) is 3.51. The van der Waals surface area contributed by atoms with E-state index in [1.165, 1.54) is 9.80 Å². The fraction of sp³-hybridized carbons (Fsp3) is 0.405. The summed E-state index contributed by atoms with van der Waals surface area (Å²) in [6, 6.07) is 21.7. The SMILES string of the molecule is CC(C)(C)OC(=O)NCc1ccc(N)cc1.CN(C)C(=O)Nc1ccc(CN)cc1.CN(C)C(=O)Nc1ccc(CNC(=O)OC(C)(C)C)cc1.Cl. The van der Waals surface area contributed by atoms with Gasteiger partial charge in [-0.3, -0.25) is 0 Å². The largest absolute Gasteiger partial charge is 0.444 e. The van der Waals surface area contributed by atoms with Crippen LogP contribution in [0.3, 0.4) is 0 Å². The average Bonchev–Trinajstić information content (AvgIpc) is 3.03. The Kier molecular flexibility index (Phi) is 20.3. The second-order valence-electron chi connectivity index (χ2n) is 13.7. The predicted octanol–water partition coefficient (Wildman–Crippen LogP) is 6.76. The smallest absolute Gasteiger partial charge is 0.407 e. The Hall–Kier alpha value is -5.21. The quantitative estimate of drug-likeness (QED) is 0.143. The molecule has 52 heavy (non-hydrogen) atoms. The molecule has 288 valence electrons. The average molecular weight is 745 g/mol. The molecule has 6 amide bonds. The van der Waals surface area contributed by atoms with Crippen molar-refractivity contribution in [2.24, 2.45) is 5.73 Å². The number of nitrogens with zero attached hydrogens (tertiary/aromatic N) is 2. The van der Waals surface area contributed by atoms with Crippen molar-refractivity contribution in [3.05, 3.63) is 89.5 Å². The number of anilines is 3. The maximum Gasteiger partial charge on any atom is 0.407 e. The highest BCUT2D eigenvalue weighted by Gasteiger charge is 2.16. The lowest BCUT2D eigenvalue weighted by Gasteiger charge is -2.19. The van der Waals surface area contributed by atoms with Crippen LogP contribution in [-0.2, 0) is 29.1 Å². The monoisotopic (exact) mass is 744 g/mol. The van der Waals surface area contributed by atoms with Gasteiger partial charge in [0.1, 0.15) is 11.2 Å². The van der Waals surface area contributed by atoms with E-state index in [9.17, 15) is 19.2 Å². The fourth-order valence-corrected chi connectivity index (χ4v) is 3.51. The van der Waals surface area contributed by atoms with Crippen LogP contribution in [0.1, 0.15) is 58.2 Å². The van der Waals surface area contributed by atoms with Crippen LogP contribution in [-0.4, -0.2) is 73.4 Å². The highest BCUT2D eigenvalue weighted by atomic mass is 35.5. The minimum atomic E-state index is -0.510. The number of nitrogen functional groups attached to an aromatic ring is 1. The number of rotatable bonds is 7. The maximum atomic E-state index is 11.5. The molecule has 0 saturated heterocycles. The van der Waals surface area contributed by atoms with Crippen LogP contribution in [0.25, 0.3) is 0 Å². The second kappa shape index (κ2) is 22.6. The van der Waals surface area contributed by atoms with Gasteiger partial charge < -0.3 is 52.0 Å². The van der Waals surface area contributed by atoms with Crippen LogP contribution in [0, 0.1) is 0 Å². The molecule has 3 rings (SSSR count). The molecular formula is C37H57ClN8O6. The molecule has 0 unspecified atom stereocenters. The molecule has 3 aromatic carbocycles. The van der Waals surface area contributed by atoms with Crippen LogP contribution in [0.5, 0.6) is 0 Å². The van der Waals surface area contributed by atoms with Gasteiger partial charge in [0, 0.05) is 64.9 Å². The van der Waals surface area contributed by atoms with E-state index in [0.717, 1.165) is 22.4 Å². The number of urea groups is 2. The summed E-state index contributed by atoms with van der Waals surface area (Å²) in [6.45, 7) is 12.3. The van der Waals surface area contributed by atoms with Crippen LogP contribution in [0.15, 0.2) is 72.8 Å². The number of carbonyl (C=O) groups is 4. The van der Waals surface area contributed by atoms with Crippen LogP contribution >= 0.6 is 12.4 Å². The molecule has 15 heteroatoms. The number of nitrogens with one attached hydrogen (secondary N) is 4. The summed E-state index contributed by atoms with van der Waals surface area (Å²) in [6.07, 6.45) is -0.864. The minimum Gasteiger partial charge on any atom is -0.444 e. The molecule has 0 aliphatic carbocycles. The summed E-state index contributed by atoms with van der Waals surface area (Å²) >= 11 is 0. The number of benzene rings is 3. The number of amides is 6. The number of ether oxygens (including phenoxy) is 2. The van der Waals surface area contributed by atoms with Crippen molar-refractivity contribution in [1.82, 2.24) is 20.4 Å². The molecular weight excluding hydrogens is 688 g/mol. The number of hydrogen-bond donors (Lipinski definition) is 6. The Morgan fingerprint density at radius 3 is 1.17 bits per heavy atom. The molecule has 0 spiro atoms. The first kappa shape index (κ1) is 46.8. The van der Waals surface area contributed by atoms with Crippen LogP contribution in [0.2, 0.25) is 0 Å². The van der Waals surface area contributed by atoms with E-state index in [1.807, 2.05) is 90.1 Å². The molecule has 0 radical (unpaired) electrons. The van der Waals surface area contributed by atoms with E-state index in [2.05, 4.69) is 21.3 Å². The number of hydrogen-bond acceptors (Lipinski definition) is 8. The van der Waals surface area contributed by atoms with E-state index < -0.39 is 23.4 Å². The number of nitrogens with two attached hydrogens (primary N) is 2. The van der Waals surface area contributed by atoms with Gasteiger partial charge in [0.2, 0.25) is 0 Å². The zero-order chi connectivity index (χ0) is 38.8. The molecule has 0 aliphatic rings. The molecule has 0 bridgehead atoms. The van der Waals surface area contributed by atoms with E-state index in [-0.39, 0.29) is 24.5 Å². The third-order valence-corrected chi connectivity index (χ3v) is 6.11. The topological polar surface area (TPSA) is 193 Å². The minimum absolute atomic E-state index is 0. The number of alkyl carbamates (subject to hydrolysis) is 2. The van der Waals surface area contributed by atoms with Crippen molar-refractivity contribution in [2.75, 3.05) is 44.6 Å². The summed E-state index contributed by atoms with van der Waals surface area (Å²) in [5, 5.41) is 10.8. The molecule has 0 atom stereocenters. The van der Waals surface area contributed by atoms with E-state index in [1.54, 1.807) is 52.5 Å². The van der Waals surface area contributed by atoms with Crippen molar-refractivity contribution in [2.45, 2.75) is 72.4 Å². The summed E-state index contributed by atoms with van der Waals surface area (Å²) < 4.78 is 10.3. The van der Waals surface area contributed by atoms with Crippen molar-refractivity contribution < 1.29 is 28.7 Å². The zero-order valence-electron chi connectivity index (χ0n) is 32.0. The lowest BCUT2D eigenvalue weighted by molar-refractivity contribution is 0.0512. The van der Waals surface area contributed by atoms with Crippen molar-refractivity contribution in [1.29, 1.82) is 0 Å². The van der Waals surface area contributed by atoms with Crippen molar-refractivity contribution in [3.63, 3.8) is 0 Å². The normalized spacial score (nSPS) is 10.3. The van der Waals surface area contributed by atoms with Gasteiger partial charge >= 0.3 is 24.2 Å². The number of halogens is 1. The molecule has 3 aromatic rings. The lowest BCUT2D eigenvalue weighted by Crippen LogP contribution is -2.32. The summed E-state index contributed by atoms with van der Waals surface area (Å²) in [7, 11) is 6.75. The highest BCUT2D eigenvalue weighted by Crippen LogP contribution is 2.12. The van der Waals surface area contributed by atoms with Gasteiger partial charge in [-0.25, -0.2) is 19.2 Å². The molecule has 8 N–H and O–H groups in total. The summed E-state index contributed by atoms with van der Waals surface area (Å²) in [4.78, 5) is 48.5. The summed E-state index contributed by atoms with van der Waals surface area (Å²) in [5.74, 6) is 0. The third kappa shape index (κ3) is 21.8. The van der Waals surface area contributed by atoms with E-state index in [0.29, 0.717) is 31.0 Å². The Balaban J connectivity index is 0.000000760. The van der Waals surface area contributed by atoms with Gasteiger partial charge in [0.25, 0.3) is 0 Å². The van der Waals surface area contributed by atoms with Gasteiger partial charge in [0.15, 0.2) is 0 Å². The molecule has 0 heterocycles. The molecule has 0 aromatic heterocycles. The second-order valence-corrected chi connectivity index (χ2v) is 13.7. The van der Waals surface area contributed by atoms with Crippen LogP contribution < -0.4 is 32.7 Å². The van der Waals surface area contributed by atoms with E-state index in [4.69, 9.17) is 20.9 Å². The first-order chi connectivity index (χ1) is 23.7. The highest BCUT2D eigenvalue weighted by molar-refractivity contribution is 5.89. The zero-order valence-corrected chi connectivity index (χ0v) is 32.8. The summed E-state index contributed by atoms with van der Waals surface area (Å²) in [5.41, 5.74) is 15.2. The van der Waals surface area contributed by atoms with E-state index >= 15 is 0 Å². The lowest BCUT2D eigenvalue weighted by atomic mass is 10.2. The first-order valence-electron chi connectivity index (χ1n) is 16.3. The predicted molar refractivity (Wildman–Crippen MR) is 210 cm³/mol. The third-order valence-electron chi connectivity index (χ3n) is 6.11. The van der Waals surface area contributed by atoms with Gasteiger partial charge in [0.05, 0.1) is 0 Å². The first-order valence-corrected chi connectivity index (χ1v) is 16.3.